The van der Waals surface area contributed by atoms with Crippen molar-refractivity contribution in [3.05, 3.63) is 34.6 Å². The van der Waals surface area contributed by atoms with Gasteiger partial charge in [-0.05, 0) is 24.1 Å². The summed E-state index contributed by atoms with van der Waals surface area (Å²) in [6.45, 7) is 0.552. The predicted molar refractivity (Wildman–Crippen MR) is 65.1 cm³/mol. The number of benzene rings is 1. The average molecular weight is 267 g/mol. The Kier molecular flexibility index (Phi) is 7.05. The number of amidine groups is 1. The summed E-state index contributed by atoms with van der Waals surface area (Å²) in [6, 6.07) is 4.54. The minimum Gasteiger partial charge on any atom is -0.386 e. The lowest BCUT2D eigenvalue weighted by atomic mass is 10.1. The number of nitrogens with one attached hydrogen (secondary N) is 1. The maximum atomic E-state index is 12.8. The second kappa shape index (κ2) is 7.44. The first-order valence-electron chi connectivity index (χ1n) is 4.44. The maximum Gasteiger partial charge on any atom is 0.141 e. The molecule has 0 unspecified atom stereocenters. The highest BCUT2D eigenvalue weighted by molar-refractivity contribution is 6.30. The number of rotatable bonds is 5. The number of hydrogen-bond donors (Lipinski definition) is 2. The minimum absolute atomic E-state index is 0. The molecule has 0 bridgehead atoms. The Morgan fingerprint density at radius 3 is 2.75 bits per heavy atom. The van der Waals surface area contributed by atoms with Gasteiger partial charge in [-0.3, -0.25) is 5.41 Å². The van der Waals surface area contributed by atoms with Crippen molar-refractivity contribution in [3.8, 4) is 0 Å². The molecule has 0 aliphatic heterocycles. The Bertz CT molecular complexity index is 361. The second-order valence-corrected chi connectivity index (χ2v) is 3.48. The fourth-order valence-electron chi connectivity index (χ4n) is 1.07. The zero-order valence-corrected chi connectivity index (χ0v) is 10.1. The van der Waals surface area contributed by atoms with Gasteiger partial charge in [-0.1, -0.05) is 17.7 Å². The molecule has 6 heteroatoms. The van der Waals surface area contributed by atoms with Gasteiger partial charge in [0.15, 0.2) is 0 Å². The third kappa shape index (κ3) is 5.30. The Balaban J connectivity index is 0.00000225. The molecule has 0 atom stereocenters. The van der Waals surface area contributed by atoms with Crippen LogP contribution in [0, 0.1) is 11.2 Å². The summed E-state index contributed by atoms with van der Waals surface area (Å²) in [5.74, 6) is -0.433. The van der Waals surface area contributed by atoms with Crippen LogP contribution in [0.4, 0.5) is 4.39 Å². The second-order valence-electron chi connectivity index (χ2n) is 3.08. The standard InChI is InChI=1S/C10H12ClFN2O.ClH/c11-8-5-7(1-2-9(8)12)3-4-15-6-10(13)14;/h1-2,5H,3-4,6H2,(H3,13,14);1H. The number of ether oxygens (including phenoxy) is 1. The molecule has 1 rings (SSSR count). The molecule has 3 N–H and O–H groups in total. The molecule has 3 nitrogen and oxygen atoms in total. The first-order valence-corrected chi connectivity index (χ1v) is 4.82. The maximum absolute atomic E-state index is 12.8. The molecule has 0 spiro atoms. The Labute approximate surface area is 105 Å². The Morgan fingerprint density at radius 2 is 2.19 bits per heavy atom. The molecular weight excluding hydrogens is 254 g/mol. The molecule has 0 fully saturated rings. The third-order valence-corrected chi connectivity index (χ3v) is 2.07. The zero-order chi connectivity index (χ0) is 11.3. The van der Waals surface area contributed by atoms with E-state index < -0.39 is 5.82 Å². The highest BCUT2D eigenvalue weighted by Crippen LogP contribution is 2.16. The van der Waals surface area contributed by atoms with E-state index in [9.17, 15) is 4.39 Å². The summed E-state index contributed by atoms with van der Waals surface area (Å²) in [6.07, 6.45) is 0.618. The van der Waals surface area contributed by atoms with Crippen molar-refractivity contribution in [2.45, 2.75) is 6.42 Å². The van der Waals surface area contributed by atoms with E-state index in [1.807, 2.05) is 0 Å². The smallest absolute Gasteiger partial charge is 0.141 e. The van der Waals surface area contributed by atoms with E-state index in [4.69, 9.17) is 27.5 Å². The first-order chi connectivity index (χ1) is 7.09. The van der Waals surface area contributed by atoms with E-state index in [-0.39, 0.29) is 29.9 Å². The van der Waals surface area contributed by atoms with Crippen LogP contribution in [0.3, 0.4) is 0 Å². The largest absolute Gasteiger partial charge is 0.386 e. The van der Waals surface area contributed by atoms with Crippen molar-refractivity contribution in [3.63, 3.8) is 0 Å². The topological polar surface area (TPSA) is 59.1 Å². The average Bonchev–Trinajstić information content (AvgIpc) is 2.18. The van der Waals surface area contributed by atoms with Crippen LogP contribution in [0.1, 0.15) is 5.56 Å². The van der Waals surface area contributed by atoms with Gasteiger partial charge in [-0.25, -0.2) is 4.39 Å². The van der Waals surface area contributed by atoms with Crippen LogP contribution < -0.4 is 5.73 Å². The fraction of sp³-hybridized carbons (Fsp3) is 0.300. The normalized spacial score (nSPS) is 9.62. The summed E-state index contributed by atoms with van der Waals surface area (Å²) >= 11 is 5.61. The lowest BCUT2D eigenvalue weighted by Crippen LogP contribution is -2.18. The number of halogens is 3. The molecule has 0 saturated carbocycles. The highest BCUT2D eigenvalue weighted by atomic mass is 35.5. The monoisotopic (exact) mass is 266 g/mol. The quantitative estimate of drug-likeness (QED) is 0.489. The molecule has 0 aliphatic carbocycles. The van der Waals surface area contributed by atoms with Crippen molar-refractivity contribution in [1.29, 1.82) is 5.41 Å². The van der Waals surface area contributed by atoms with Gasteiger partial charge >= 0.3 is 0 Å². The van der Waals surface area contributed by atoms with E-state index in [0.29, 0.717) is 13.0 Å². The number of nitrogens with two attached hydrogens (primary N) is 1. The Hall–Kier alpha value is -0.840. The molecule has 0 heterocycles. The van der Waals surface area contributed by atoms with Crippen LogP contribution in [0.5, 0.6) is 0 Å². The van der Waals surface area contributed by atoms with Gasteiger partial charge < -0.3 is 10.5 Å². The summed E-state index contributed by atoms with van der Waals surface area (Å²) in [5.41, 5.74) is 6.00. The molecule has 0 radical (unpaired) electrons. The van der Waals surface area contributed by atoms with Gasteiger partial charge in [0.05, 0.1) is 11.6 Å². The van der Waals surface area contributed by atoms with Crippen LogP contribution in [0.2, 0.25) is 5.02 Å². The lowest BCUT2D eigenvalue weighted by molar-refractivity contribution is 0.174. The van der Waals surface area contributed by atoms with Crippen LogP contribution in [-0.4, -0.2) is 19.0 Å². The van der Waals surface area contributed by atoms with Gasteiger partial charge in [-0.2, -0.15) is 0 Å². The van der Waals surface area contributed by atoms with Crippen molar-refractivity contribution in [2.24, 2.45) is 5.73 Å². The van der Waals surface area contributed by atoms with Crippen molar-refractivity contribution < 1.29 is 9.13 Å². The van der Waals surface area contributed by atoms with Crippen molar-refractivity contribution >= 4 is 29.8 Å². The van der Waals surface area contributed by atoms with Gasteiger partial charge in [0.2, 0.25) is 0 Å². The van der Waals surface area contributed by atoms with E-state index in [1.54, 1.807) is 12.1 Å². The molecule has 1 aromatic rings. The predicted octanol–water partition coefficient (Wildman–Crippen LogP) is 2.40. The SMILES string of the molecule is Cl.N=C(N)COCCc1ccc(F)c(Cl)c1. The Morgan fingerprint density at radius 1 is 1.50 bits per heavy atom. The molecule has 0 aromatic heterocycles. The van der Waals surface area contributed by atoms with Crippen LogP contribution in [-0.2, 0) is 11.2 Å². The zero-order valence-electron chi connectivity index (χ0n) is 8.50. The van der Waals surface area contributed by atoms with Gasteiger partial charge in [-0.15, -0.1) is 12.4 Å². The van der Waals surface area contributed by atoms with Crippen LogP contribution in [0.15, 0.2) is 18.2 Å². The van der Waals surface area contributed by atoms with Crippen LogP contribution >= 0.6 is 24.0 Å². The van der Waals surface area contributed by atoms with Gasteiger partial charge in [0.25, 0.3) is 0 Å². The van der Waals surface area contributed by atoms with E-state index >= 15 is 0 Å². The molecule has 16 heavy (non-hydrogen) atoms. The van der Waals surface area contributed by atoms with E-state index in [0.717, 1.165) is 5.56 Å². The fourth-order valence-corrected chi connectivity index (χ4v) is 1.27. The van der Waals surface area contributed by atoms with Crippen molar-refractivity contribution in [1.82, 2.24) is 0 Å². The summed E-state index contributed by atoms with van der Waals surface area (Å²) in [5, 5.41) is 7.03. The van der Waals surface area contributed by atoms with Gasteiger partial charge in [0.1, 0.15) is 18.3 Å². The third-order valence-electron chi connectivity index (χ3n) is 1.78. The summed E-state index contributed by atoms with van der Waals surface area (Å²) in [4.78, 5) is 0. The summed E-state index contributed by atoms with van der Waals surface area (Å²) < 4.78 is 17.9. The molecule has 0 aliphatic rings. The van der Waals surface area contributed by atoms with E-state index in [2.05, 4.69) is 0 Å². The van der Waals surface area contributed by atoms with Crippen LogP contribution in [0.25, 0.3) is 0 Å². The minimum atomic E-state index is -0.426. The van der Waals surface area contributed by atoms with Gasteiger partial charge in [0, 0.05) is 0 Å². The molecular formula is C10H13Cl2FN2O. The van der Waals surface area contributed by atoms with E-state index in [1.165, 1.54) is 6.07 Å². The summed E-state index contributed by atoms with van der Waals surface area (Å²) in [7, 11) is 0. The molecule has 1 aromatic carbocycles. The number of hydrogen-bond acceptors (Lipinski definition) is 2. The van der Waals surface area contributed by atoms with Crippen molar-refractivity contribution in [2.75, 3.05) is 13.2 Å². The molecule has 0 amide bonds. The lowest BCUT2D eigenvalue weighted by Gasteiger charge is -2.04. The molecule has 90 valence electrons. The highest BCUT2D eigenvalue weighted by Gasteiger charge is 2.00. The first kappa shape index (κ1) is 15.2. The molecule has 0 saturated heterocycles.